The molecule has 0 atom stereocenters. The van der Waals surface area contributed by atoms with Crippen LogP contribution < -0.4 is 0 Å². The molecule has 0 heterocycles. The maximum absolute atomic E-state index is 10.3. The molecule has 0 N–H and O–H groups in total. The van der Waals surface area contributed by atoms with Gasteiger partial charge in [-0.1, -0.05) is 5.73 Å². The van der Waals surface area contributed by atoms with E-state index in [1.165, 1.54) is 0 Å². The lowest BCUT2D eigenvalue weighted by Gasteiger charge is -1.93. The Morgan fingerprint density at radius 2 is 2.57 bits per heavy atom. The fourth-order valence-corrected chi connectivity index (χ4v) is 0.623. The molecule has 0 bridgehead atoms. The molecule has 1 rings (SSSR count). The second-order valence-electron chi connectivity index (χ2n) is 1.66. The molecule has 1 aliphatic carbocycles. The summed E-state index contributed by atoms with van der Waals surface area (Å²) in [5.74, 6) is 0.159. The van der Waals surface area contributed by atoms with Gasteiger partial charge in [-0.3, -0.25) is 5.11 Å². The maximum atomic E-state index is 10.3. The Labute approximate surface area is 43.0 Å². The fraction of sp³-hybridized carbons (Fsp3) is 0.500. The molecule has 0 amide bonds. The lowest BCUT2D eigenvalue weighted by Crippen LogP contribution is -1.81. The van der Waals surface area contributed by atoms with E-state index in [4.69, 9.17) is 0 Å². The Bertz CT molecular complexity index is 118. The van der Waals surface area contributed by atoms with Crippen molar-refractivity contribution in [3.05, 3.63) is 17.6 Å². The molecule has 1 nitrogen and oxygen atoms in total. The molecule has 0 spiro atoms. The summed E-state index contributed by atoms with van der Waals surface area (Å²) in [4.78, 5) is 0. The van der Waals surface area contributed by atoms with Crippen LogP contribution in [0.25, 0.3) is 0 Å². The van der Waals surface area contributed by atoms with Crippen molar-refractivity contribution in [1.82, 2.24) is 0 Å². The van der Waals surface area contributed by atoms with Crippen molar-refractivity contribution in [3.63, 3.8) is 0 Å². The van der Waals surface area contributed by atoms with E-state index < -0.39 is 0 Å². The highest BCUT2D eigenvalue weighted by molar-refractivity contribution is 4.96. The van der Waals surface area contributed by atoms with Crippen molar-refractivity contribution in [3.8, 4) is 0 Å². The van der Waals surface area contributed by atoms with Crippen LogP contribution in [0.3, 0.4) is 0 Å². The SMILES string of the molecule is [O]C1=C=CCCC1. The summed E-state index contributed by atoms with van der Waals surface area (Å²) in [6, 6.07) is 0. The Morgan fingerprint density at radius 1 is 1.71 bits per heavy atom. The van der Waals surface area contributed by atoms with E-state index in [2.05, 4.69) is 5.73 Å². The third kappa shape index (κ3) is 1.09. The van der Waals surface area contributed by atoms with Crippen LogP contribution in [-0.4, -0.2) is 0 Å². The fourth-order valence-electron chi connectivity index (χ4n) is 0.623. The Hall–Kier alpha value is -0.680. The molecule has 0 aromatic heterocycles. The molecule has 0 fully saturated rings. The Morgan fingerprint density at radius 3 is 2.86 bits per heavy atom. The first-order valence-corrected chi connectivity index (χ1v) is 2.50. The second-order valence-corrected chi connectivity index (χ2v) is 1.66. The summed E-state index contributed by atoms with van der Waals surface area (Å²) in [6.07, 6.45) is 4.57. The van der Waals surface area contributed by atoms with Gasteiger partial charge in [0.2, 0.25) is 0 Å². The van der Waals surface area contributed by atoms with Crippen molar-refractivity contribution in [1.29, 1.82) is 0 Å². The van der Waals surface area contributed by atoms with Crippen LogP contribution in [-0.2, 0) is 5.11 Å². The lowest BCUT2D eigenvalue weighted by molar-refractivity contribution is 0.278. The van der Waals surface area contributed by atoms with Crippen molar-refractivity contribution >= 4 is 0 Å². The molecule has 0 saturated heterocycles. The number of hydrogen-bond donors (Lipinski definition) is 0. The van der Waals surface area contributed by atoms with Crippen LogP contribution >= 0.6 is 0 Å². The third-order valence-electron chi connectivity index (χ3n) is 1.02. The molecule has 0 saturated carbocycles. The first-order chi connectivity index (χ1) is 3.39. The Kier molecular flexibility index (Phi) is 1.19. The molecule has 0 aromatic rings. The van der Waals surface area contributed by atoms with Gasteiger partial charge < -0.3 is 0 Å². The zero-order valence-electron chi connectivity index (χ0n) is 4.11. The zero-order chi connectivity index (χ0) is 5.11. The molecule has 0 unspecified atom stereocenters. The average molecular weight is 95.1 g/mol. The summed E-state index contributed by atoms with van der Waals surface area (Å²) >= 11 is 0. The van der Waals surface area contributed by atoms with Gasteiger partial charge in [-0.25, -0.2) is 0 Å². The highest BCUT2D eigenvalue weighted by atomic mass is 16.3. The third-order valence-corrected chi connectivity index (χ3v) is 1.02. The van der Waals surface area contributed by atoms with Gasteiger partial charge >= 0.3 is 0 Å². The van der Waals surface area contributed by atoms with Gasteiger partial charge in [0.05, 0.1) is 0 Å². The standard InChI is InChI=1S/C6H7O/c7-6-4-2-1-3-5-6/h2H,1,3,5H2. The molecular weight excluding hydrogens is 88.1 g/mol. The van der Waals surface area contributed by atoms with E-state index in [1.54, 1.807) is 0 Å². The molecule has 37 valence electrons. The number of hydrogen-bond acceptors (Lipinski definition) is 0. The van der Waals surface area contributed by atoms with Gasteiger partial charge in [0.15, 0.2) is 5.76 Å². The van der Waals surface area contributed by atoms with E-state index in [9.17, 15) is 5.11 Å². The molecule has 7 heavy (non-hydrogen) atoms. The van der Waals surface area contributed by atoms with Gasteiger partial charge in [0.1, 0.15) is 0 Å². The normalized spacial score (nSPS) is 19.1. The molecule has 1 radical (unpaired) electrons. The van der Waals surface area contributed by atoms with Crippen LogP contribution in [0.1, 0.15) is 19.3 Å². The van der Waals surface area contributed by atoms with Crippen molar-refractivity contribution < 1.29 is 5.11 Å². The van der Waals surface area contributed by atoms with Gasteiger partial charge in [0, 0.05) is 6.42 Å². The highest BCUT2D eigenvalue weighted by Gasteiger charge is 1.96. The molecule has 0 aromatic carbocycles. The molecule has 1 heteroatoms. The monoisotopic (exact) mass is 95.0 g/mol. The van der Waals surface area contributed by atoms with E-state index in [-0.39, 0.29) is 5.76 Å². The minimum Gasteiger partial charge on any atom is -0.286 e. The topological polar surface area (TPSA) is 19.9 Å². The van der Waals surface area contributed by atoms with E-state index in [1.807, 2.05) is 6.08 Å². The average Bonchev–Trinajstić information content (AvgIpc) is 1.69. The van der Waals surface area contributed by atoms with Gasteiger partial charge in [-0.15, -0.1) is 0 Å². The van der Waals surface area contributed by atoms with Gasteiger partial charge in [0.25, 0.3) is 0 Å². The first-order valence-electron chi connectivity index (χ1n) is 2.50. The molecule has 0 aliphatic heterocycles. The quantitative estimate of drug-likeness (QED) is 0.407. The van der Waals surface area contributed by atoms with Crippen LogP contribution in [0.5, 0.6) is 0 Å². The maximum Gasteiger partial charge on any atom is 0.197 e. The summed E-state index contributed by atoms with van der Waals surface area (Å²) in [7, 11) is 0. The van der Waals surface area contributed by atoms with E-state index in [0.717, 1.165) is 12.8 Å². The summed E-state index contributed by atoms with van der Waals surface area (Å²) in [6.45, 7) is 0. The van der Waals surface area contributed by atoms with E-state index in [0.29, 0.717) is 6.42 Å². The van der Waals surface area contributed by atoms with Crippen molar-refractivity contribution in [2.75, 3.05) is 0 Å². The molecular formula is C6H7O. The predicted octanol–water partition coefficient (Wildman–Crippen LogP) is 1.64. The Balaban J connectivity index is 2.68. The first kappa shape index (κ1) is 4.48. The number of rotatable bonds is 0. The molecule has 1 aliphatic rings. The van der Waals surface area contributed by atoms with Crippen LogP contribution in [0.4, 0.5) is 0 Å². The van der Waals surface area contributed by atoms with Gasteiger partial charge in [-0.05, 0) is 18.9 Å². The van der Waals surface area contributed by atoms with Crippen LogP contribution in [0.15, 0.2) is 17.6 Å². The zero-order valence-corrected chi connectivity index (χ0v) is 4.11. The predicted molar refractivity (Wildman–Crippen MR) is 26.1 cm³/mol. The van der Waals surface area contributed by atoms with Crippen LogP contribution in [0.2, 0.25) is 0 Å². The van der Waals surface area contributed by atoms with E-state index >= 15 is 0 Å². The smallest absolute Gasteiger partial charge is 0.197 e. The minimum atomic E-state index is 0.159. The number of allylic oxidation sites excluding steroid dienone is 1. The second kappa shape index (κ2) is 1.85. The van der Waals surface area contributed by atoms with Crippen molar-refractivity contribution in [2.45, 2.75) is 19.3 Å². The van der Waals surface area contributed by atoms with Crippen LogP contribution in [0, 0.1) is 0 Å². The minimum absolute atomic E-state index is 0.159. The summed E-state index contributed by atoms with van der Waals surface area (Å²) < 4.78 is 0. The van der Waals surface area contributed by atoms with Gasteiger partial charge in [-0.2, -0.15) is 0 Å². The highest BCUT2D eigenvalue weighted by Crippen LogP contribution is 2.08. The summed E-state index contributed by atoms with van der Waals surface area (Å²) in [5.41, 5.74) is 2.62. The largest absolute Gasteiger partial charge is 0.286 e. The lowest BCUT2D eigenvalue weighted by atomic mass is 10.1. The summed E-state index contributed by atoms with van der Waals surface area (Å²) in [5, 5.41) is 10.3. The van der Waals surface area contributed by atoms with Crippen molar-refractivity contribution in [2.24, 2.45) is 0 Å².